The molecule has 4 heteroatoms. The second-order valence-corrected chi connectivity index (χ2v) is 8.10. The number of nitrogens with one attached hydrogen (secondary N) is 1. The Morgan fingerprint density at radius 2 is 1.93 bits per heavy atom. The number of anilines is 1. The van der Waals surface area contributed by atoms with Gasteiger partial charge >= 0.3 is 0 Å². The third-order valence-electron chi connectivity index (χ3n) is 5.68. The summed E-state index contributed by atoms with van der Waals surface area (Å²) in [5.41, 5.74) is 3.20. The van der Waals surface area contributed by atoms with Crippen LogP contribution in [0.2, 0.25) is 0 Å². The highest BCUT2D eigenvalue weighted by molar-refractivity contribution is 5.83. The fourth-order valence-electron chi connectivity index (χ4n) is 3.84. The standard InChI is InChI=1S/C25H30N2O2/c1-18(21-5-4-14-26-17-21)28-24-13-9-20-15-23(29-25(20)16-24)12-8-19-6-10-22(11-7-19)27(2)3/h6-13,15-16,18,21,26H,4-5,14,17H2,1-3H3/b12-8+. The van der Waals surface area contributed by atoms with E-state index in [1.165, 1.54) is 18.5 Å². The fourth-order valence-corrected chi connectivity index (χ4v) is 3.84. The maximum Gasteiger partial charge on any atom is 0.138 e. The van der Waals surface area contributed by atoms with E-state index in [1.54, 1.807) is 0 Å². The Kier molecular flexibility index (Phi) is 5.91. The number of benzene rings is 2. The van der Waals surface area contributed by atoms with Crippen molar-refractivity contribution in [3.8, 4) is 5.75 Å². The number of furan rings is 1. The molecule has 1 fully saturated rings. The van der Waals surface area contributed by atoms with E-state index in [0.29, 0.717) is 5.92 Å². The van der Waals surface area contributed by atoms with E-state index in [-0.39, 0.29) is 6.10 Å². The molecule has 2 aromatic carbocycles. The Bertz CT molecular complexity index is 966. The number of ether oxygens (including phenoxy) is 1. The van der Waals surface area contributed by atoms with Crippen molar-refractivity contribution in [3.05, 3.63) is 59.9 Å². The first-order valence-electron chi connectivity index (χ1n) is 10.4. The third-order valence-corrected chi connectivity index (χ3v) is 5.68. The van der Waals surface area contributed by atoms with Crippen LogP contribution in [0, 0.1) is 5.92 Å². The first kappa shape index (κ1) is 19.6. The van der Waals surface area contributed by atoms with Gasteiger partial charge in [-0.05, 0) is 68.3 Å². The zero-order valence-corrected chi connectivity index (χ0v) is 17.5. The zero-order valence-electron chi connectivity index (χ0n) is 17.5. The highest BCUT2D eigenvalue weighted by atomic mass is 16.5. The maximum atomic E-state index is 6.21. The van der Waals surface area contributed by atoms with Crippen molar-refractivity contribution in [2.24, 2.45) is 5.92 Å². The molecule has 2 atom stereocenters. The Labute approximate surface area is 173 Å². The van der Waals surface area contributed by atoms with Crippen LogP contribution < -0.4 is 15.0 Å². The summed E-state index contributed by atoms with van der Waals surface area (Å²) in [4.78, 5) is 2.10. The van der Waals surface area contributed by atoms with Crippen molar-refractivity contribution in [2.45, 2.75) is 25.9 Å². The molecule has 0 saturated carbocycles. The van der Waals surface area contributed by atoms with E-state index < -0.39 is 0 Å². The average molecular weight is 391 g/mol. The van der Waals surface area contributed by atoms with Crippen LogP contribution in [0.5, 0.6) is 5.75 Å². The average Bonchev–Trinajstić information content (AvgIpc) is 3.15. The van der Waals surface area contributed by atoms with Gasteiger partial charge in [0.2, 0.25) is 0 Å². The van der Waals surface area contributed by atoms with E-state index in [2.05, 4.69) is 59.6 Å². The molecule has 152 valence electrons. The summed E-state index contributed by atoms with van der Waals surface area (Å²) in [6.45, 7) is 4.33. The molecule has 0 amide bonds. The topological polar surface area (TPSA) is 37.6 Å². The molecule has 0 aliphatic carbocycles. The minimum Gasteiger partial charge on any atom is -0.490 e. The zero-order chi connectivity index (χ0) is 20.2. The summed E-state index contributed by atoms with van der Waals surface area (Å²) in [5.74, 6) is 2.28. The molecular formula is C25H30N2O2. The van der Waals surface area contributed by atoms with E-state index in [4.69, 9.17) is 9.15 Å². The van der Waals surface area contributed by atoms with Gasteiger partial charge in [0, 0.05) is 43.7 Å². The van der Waals surface area contributed by atoms with E-state index in [0.717, 1.165) is 41.1 Å². The van der Waals surface area contributed by atoms with Gasteiger partial charge in [-0.3, -0.25) is 0 Å². The number of hydrogen-bond acceptors (Lipinski definition) is 4. The van der Waals surface area contributed by atoms with E-state index in [1.807, 2.05) is 32.3 Å². The highest BCUT2D eigenvalue weighted by Crippen LogP contribution is 2.27. The van der Waals surface area contributed by atoms with E-state index >= 15 is 0 Å². The van der Waals surface area contributed by atoms with Crippen LogP contribution in [-0.2, 0) is 0 Å². The SMILES string of the molecule is CC(Oc1ccc2cc(/C=C/c3ccc(N(C)C)cc3)oc2c1)C1CCCNC1. The molecule has 2 heterocycles. The van der Waals surface area contributed by atoms with Gasteiger partial charge in [-0.1, -0.05) is 18.2 Å². The monoisotopic (exact) mass is 390 g/mol. The smallest absolute Gasteiger partial charge is 0.138 e. The molecule has 29 heavy (non-hydrogen) atoms. The summed E-state index contributed by atoms with van der Waals surface area (Å²) >= 11 is 0. The summed E-state index contributed by atoms with van der Waals surface area (Å²) in [6.07, 6.45) is 6.73. The molecule has 1 aliphatic heterocycles. The summed E-state index contributed by atoms with van der Waals surface area (Å²) in [5, 5.41) is 4.55. The first-order valence-corrected chi connectivity index (χ1v) is 10.4. The summed E-state index contributed by atoms with van der Waals surface area (Å²) < 4.78 is 12.2. The molecular weight excluding hydrogens is 360 g/mol. The summed E-state index contributed by atoms with van der Waals surface area (Å²) in [6, 6.07) is 16.6. The van der Waals surface area contributed by atoms with Crippen LogP contribution in [0.1, 0.15) is 31.1 Å². The molecule has 0 radical (unpaired) electrons. The predicted octanol–water partition coefficient (Wildman–Crippen LogP) is 5.44. The highest BCUT2D eigenvalue weighted by Gasteiger charge is 2.21. The third kappa shape index (κ3) is 4.83. The van der Waals surface area contributed by atoms with Gasteiger partial charge in [0.05, 0.1) is 6.10 Å². The van der Waals surface area contributed by atoms with Crippen molar-refractivity contribution in [1.29, 1.82) is 0 Å². The number of piperidine rings is 1. The second-order valence-electron chi connectivity index (χ2n) is 8.10. The van der Waals surface area contributed by atoms with Gasteiger partial charge in [-0.25, -0.2) is 0 Å². The molecule has 1 N–H and O–H groups in total. The molecule has 1 aromatic heterocycles. The number of fused-ring (bicyclic) bond motifs is 1. The van der Waals surface area contributed by atoms with Crippen LogP contribution in [0.3, 0.4) is 0 Å². The summed E-state index contributed by atoms with van der Waals surface area (Å²) in [7, 11) is 4.09. The Morgan fingerprint density at radius 1 is 1.10 bits per heavy atom. The lowest BCUT2D eigenvalue weighted by Crippen LogP contribution is -2.37. The Hall–Kier alpha value is -2.72. The van der Waals surface area contributed by atoms with Gasteiger partial charge in [-0.15, -0.1) is 0 Å². The molecule has 4 rings (SSSR count). The van der Waals surface area contributed by atoms with Gasteiger partial charge in [0.1, 0.15) is 17.1 Å². The van der Waals surface area contributed by atoms with Crippen LogP contribution in [-0.4, -0.2) is 33.3 Å². The number of hydrogen-bond donors (Lipinski definition) is 1. The lowest BCUT2D eigenvalue weighted by Gasteiger charge is -2.28. The normalized spacial score (nSPS) is 18.2. The Balaban J connectivity index is 1.45. The lowest BCUT2D eigenvalue weighted by atomic mass is 9.94. The van der Waals surface area contributed by atoms with Crippen LogP contribution in [0.15, 0.2) is 52.9 Å². The quantitative estimate of drug-likeness (QED) is 0.608. The largest absolute Gasteiger partial charge is 0.490 e. The first-order chi connectivity index (χ1) is 14.1. The van der Waals surface area contributed by atoms with Gasteiger partial charge in [0.15, 0.2) is 0 Å². The van der Waals surface area contributed by atoms with Crippen molar-refractivity contribution >= 4 is 28.8 Å². The van der Waals surface area contributed by atoms with Crippen molar-refractivity contribution < 1.29 is 9.15 Å². The molecule has 1 aliphatic rings. The molecule has 1 saturated heterocycles. The lowest BCUT2D eigenvalue weighted by molar-refractivity contribution is 0.131. The number of rotatable bonds is 6. The minimum absolute atomic E-state index is 0.194. The van der Waals surface area contributed by atoms with Gasteiger partial charge < -0.3 is 19.4 Å². The minimum atomic E-state index is 0.194. The molecule has 2 unspecified atom stereocenters. The molecule has 3 aromatic rings. The van der Waals surface area contributed by atoms with Crippen LogP contribution >= 0.6 is 0 Å². The van der Waals surface area contributed by atoms with Crippen LogP contribution in [0.4, 0.5) is 5.69 Å². The second kappa shape index (κ2) is 8.75. The van der Waals surface area contributed by atoms with E-state index in [9.17, 15) is 0 Å². The maximum absolute atomic E-state index is 6.21. The van der Waals surface area contributed by atoms with Gasteiger partial charge in [0.25, 0.3) is 0 Å². The predicted molar refractivity (Wildman–Crippen MR) is 122 cm³/mol. The molecule has 0 bridgehead atoms. The van der Waals surface area contributed by atoms with Crippen molar-refractivity contribution in [2.75, 3.05) is 32.1 Å². The molecule has 4 nitrogen and oxygen atoms in total. The number of nitrogens with zero attached hydrogens (tertiary/aromatic N) is 1. The van der Waals surface area contributed by atoms with Crippen LogP contribution in [0.25, 0.3) is 23.1 Å². The fraction of sp³-hybridized carbons (Fsp3) is 0.360. The van der Waals surface area contributed by atoms with Crippen molar-refractivity contribution in [1.82, 2.24) is 5.32 Å². The van der Waals surface area contributed by atoms with Gasteiger partial charge in [-0.2, -0.15) is 0 Å². The van der Waals surface area contributed by atoms with Crippen molar-refractivity contribution in [3.63, 3.8) is 0 Å². The molecule has 0 spiro atoms. The Morgan fingerprint density at radius 3 is 2.66 bits per heavy atom.